The first kappa shape index (κ1) is 50.6. The Morgan fingerprint density at radius 1 is 0.519 bits per heavy atom. The van der Waals surface area contributed by atoms with Gasteiger partial charge in [-0.1, -0.05) is 212 Å². The van der Waals surface area contributed by atoms with E-state index in [4.69, 9.17) is 4.74 Å². The highest BCUT2D eigenvalue weighted by Crippen LogP contribution is 2.15. The van der Waals surface area contributed by atoms with Crippen LogP contribution in [-0.4, -0.2) is 47.4 Å². The number of unbranched alkanes of at least 4 members (excludes halogenated alkanes) is 31. The average molecular weight is 736 g/mol. The third kappa shape index (κ3) is 38.3. The summed E-state index contributed by atoms with van der Waals surface area (Å²) in [7, 11) is 0. The molecule has 0 aromatic rings. The van der Waals surface area contributed by atoms with Crippen molar-refractivity contribution in [2.45, 2.75) is 257 Å². The number of hydrogen-bond acceptors (Lipinski definition) is 5. The molecule has 2 atom stereocenters. The smallest absolute Gasteiger partial charge is 0.305 e. The Labute approximate surface area is 323 Å². The molecule has 3 N–H and O–H groups in total. The minimum Gasteiger partial charge on any atom is -0.466 e. The number of ether oxygens (including phenoxy) is 1. The summed E-state index contributed by atoms with van der Waals surface area (Å²) in [5.74, 6) is -0.122. The Morgan fingerprint density at radius 2 is 0.885 bits per heavy atom. The van der Waals surface area contributed by atoms with E-state index in [1.807, 2.05) is 6.08 Å². The lowest BCUT2D eigenvalue weighted by atomic mass is 10.0. The summed E-state index contributed by atoms with van der Waals surface area (Å²) in [5, 5.41) is 22.9. The molecule has 0 bridgehead atoms. The van der Waals surface area contributed by atoms with Crippen LogP contribution in [0.5, 0.6) is 0 Å². The van der Waals surface area contributed by atoms with Crippen LogP contribution in [0.15, 0.2) is 12.2 Å². The predicted molar refractivity (Wildman–Crippen MR) is 223 cm³/mol. The minimum atomic E-state index is -0.859. The van der Waals surface area contributed by atoms with Crippen molar-refractivity contribution in [1.82, 2.24) is 5.32 Å². The molecule has 0 aliphatic carbocycles. The van der Waals surface area contributed by atoms with Gasteiger partial charge in [-0.2, -0.15) is 0 Å². The number of aliphatic hydroxyl groups is 2. The standard InChI is InChI=1S/C46H89NO5/c1-3-5-7-9-11-13-15-17-19-22-26-30-34-38-44(49)43(42-48)47-45(50)39-35-31-27-23-21-25-29-33-37-41-52-46(51)40-36-32-28-24-20-18-16-14-12-10-8-6-4-2/h34,38,43-44,48-49H,3-33,35-37,39-42H2,1-2H3,(H,47,50)/b38-34+. The molecule has 6 heteroatoms. The maximum absolute atomic E-state index is 12.4. The Balaban J connectivity index is 3.53. The lowest BCUT2D eigenvalue weighted by Gasteiger charge is -2.20. The van der Waals surface area contributed by atoms with Gasteiger partial charge >= 0.3 is 5.97 Å². The first-order valence-electron chi connectivity index (χ1n) is 23.0. The fraction of sp³-hybridized carbons (Fsp3) is 0.913. The maximum atomic E-state index is 12.4. The third-order valence-corrected chi connectivity index (χ3v) is 10.6. The first-order valence-corrected chi connectivity index (χ1v) is 23.0. The number of carbonyl (C=O) groups excluding carboxylic acids is 2. The molecule has 0 fully saturated rings. The molecule has 308 valence electrons. The Bertz CT molecular complexity index is 772. The molecule has 0 radical (unpaired) electrons. The molecule has 0 rings (SSSR count). The van der Waals surface area contributed by atoms with Gasteiger partial charge in [-0.25, -0.2) is 0 Å². The van der Waals surface area contributed by atoms with E-state index >= 15 is 0 Å². The minimum absolute atomic E-state index is 0.0262. The number of carbonyl (C=O) groups is 2. The van der Waals surface area contributed by atoms with Crippen molar-refractivity contribution in [2.75, 3.05) is 13.2 Å². The van der Waals surface area contributed by atoms with Gasteiger partial charge in [-0.3, -0.25) is 9.59 Å². The number of nitrogens with one attached hydrogen (secondary N) is 1. The maximum Gasteiger partial charge on any atom is 0.305 e. The molecule has 0 aromatic heterocycles. The lowest BCUT2D eigenvalue weighted by molar-refractivity contribution is -0.143. The van der Waals surface area contributed by atoms with Crippen LogP contribution >= 0.6 is 0 Å². The van der Waals surface area contributed by atoms with Crippen LogP contribution in [-0.2, 0) is 14.3 Å². The first-order chi connectivity index (χ1) is 25.5. The van der Waals surface area contributed by atoms with E-state index in [0.29, 0.717) is 19.4 Å². The van der Waals surface area contributed by atoms with Crippen molar-refractivity contribution in [3.63, 3.8) is 0 Å². The number of allylic oxidation sites excluding steroid dienone is 1. The molecule has 1 amide bonds. The van der Waals surface area contributed by atoms with Gasteiger partial charge in [0, 0.05) is 12.8 Å². The van der Waals surface area contributed by atoms with E-state index < -0.39 is 12.1 Å². The van der Waals surface area contributed by atoms with E-state index in [1.165, 1.54) is 161 Å². The molecule has 0 spiro atoms. The molecule has 0 saturated heterocycles. The summed E-state index contributed by atoms with van der Waals surface area (Å²) in [4.78, 5) is 24.4. The quantitative estimate of drug-likeness (QED) is 0.0329. The fourth-order valence-corrected chi connectivity index (χ4v) is 6.98. The summed E-state index contributed by atoms with van der Waals surface area (Å²) in [6, 6.07) is -0.645. The number of hydrogen-bond donors (Lipinski definition) is 3. The summed E-state index contributed by atoms with van der Waals surface area (Å²) in [5.41, 5.74) is 0. The number of amides is 1. The molecule has 0 aliphatic heterocycles. The van der Waals surface area contributed by atoms with Gasteiger partial charge in [0.05, 0.1) is 25.4 Å². The fourth-order valence-electron chi connectivity index (χ4n) is 6.98. The zero-order valence-corrected chi connectivity index (χ0v) is 34.8. The van der Waals surface area contributed by atoms with Gasteiger partial charge in [-0.05, 0) is 32.1 Å². The van der Waals surface area contributed by atoms with E-state index in [2.05, 4.69) is 19.2 Å². The van der Waals surface area contributed by atoms with Gasteiger partial charge in [0.2, 0.25) is 5.91 Å². The zero-order valence-electron chi connectivity index (χ0n) is 34.8. The van der Waals surface area contributed by atoms with Crippen LogP contribution in [0.3, 0.4) is 0 Å². The number of esters is 1. The van der Waals surface area contributed by atoms with Crippen molar-refractivity contribution in [3.8, 4) is 0 Å². The molecule has 2 unspecified atom stereocenters. The second kappa shape index (κ2) is 42.3. The Morgan fingerprint density at radius 3 is 1.31 bits per heavy atom. The van der Waals surface area contributed by atoms with Crippen molar-refractivity contribution < 1.29 is 24.5 Å². The number of rotatable bonds is 42. The summed E-state index contributed by atoms with van der Waals surface area (Å²) in [6.07, 6.45) is 46.2. The van der Waals surface area contributed by atoms with Gasteiger partial charge in [-0.15, -0.1) is 0 Å². The van der Waals surface area contributed by atoms with Gasteiger partial charge < -0.3 is 20.3 Å². The SMILES string of the molecule is CCCCCCCCCCCCC/C=C/C(O)C(CO)NC(=O)CCCCCCCCCCCOC(=O)CCCCCCCCCCCCCCC. The van der Waals surface area contributed by atoms with Crippen molar-refractivity contribution in [2.24, 2.45) is 0 Å². The highest BCUT2D eigenvalue weighted by atomic mass is 16.5. The second-order valence-electron chi connectivity index (χ2n) is 15.7. The van der Waals surface area contributed by atoms with E-state index in [-0.39, 0.29) is 18.5 Å². The Kier molecular flexibility index (Phi) is 41.2. The summed E-state index contributed by atoms with van der Waals surface area (Å²) in [6.45, 7) is 4.83. The highest BCUT2D eigenvalue weighted by Gasteiger charge is 2.18. The Hall–Kier alpha value is -1.40. The average Bonchev–Trinajstić information content (AvgIpc) is 3.14. The van der Waals surface area contributed by atoms with Crippen LogP contribution in [0, 0.1) is 0 Å². The second-order valence-corrected chi connectivity index (χ2v) is 15.7. The van der Waals surface area contributed by atoms with Crippen LogP contribution in [0.1, 0.15) is 245 Å². The summed E-state index contributed by atoms with van der Waals surface area (Å²) < 4.78 is 5.43. The van der Waals surface area contributed by atoms with Crippen LogP contribution in [0.25, 0.3) is 0 Å². The zero-order chi connectivity index (χ0) is 38.0. The predicted octanol–water partition coefficient (Wildman–Crippen LogP) is 13.0. The van der Waals surface area contributed by atoms with Crippen molar-refractivity contribution in [1.29, 1.82) is 0 Å². The number of aliphatic hydroxyl groups excluding tert-OH is 2. The molecule has 6 nitrogen and oxygen atoms in total. The van der Waals surface area contributed by atoms with Crippen molar-refractivity contribution >= 4 is 11.9 Å². The summed E-state index contributed by atoms with van der Waals surface area (Å²) >= 11 is 0. The van der Waals surface area contributed by atoms with E-state index in [9.17, 15) is 19.8 Å². The third-order valence-electron chi connectivity index (χ3n) is 10.6. The van der Waals surface area contributed by atoms with E-state index in [1.54, 1.807) is 6.08 Å². The van der Waals surface area contributed by atoms with Gasteiger partial charge in [0.15, 0.2) is 0 Å². The molecule has 0 saturated carbocycles. The topological polar surface area (TPSA) is 95.9 Å². The monoisotopic (exact) mass is 736 g/mol. The molecule has 52 heavy (non-hydrogen) atoms. The van der Waals surface area contributed by atoms with Crippen LogP contribution in [0.2, 0.25) is 0 Å². The highest BCUT2D eigenvalue weighted by molar-refractivity contribution is 5.76. The molecular formula is C46H89NO5. The molecule has 0 aromatic carbocycles. The van der Waals surface area contributed by atoms with E-state index in [0.717, 1.165) is 57.8 Å². The lowest BCUT2D eigenvalue weighted by Crippen LogP contribution is -2.45. The van der Waals surface area contributed by atoms with Gasteiger partial charge in [0.25, 0.3) is 0 Å². The van der Waals surface area contributed by atoms with Crippen molar-refractivity contribution in [3.05, 3.63) is 12.2 Å². The van der Waals surface area contributed by atoms with Crippen LogP contribution in [0.4, 0.5) is 0 Å². The normalized spacial score (nSPS) is 12.8. The molecular weight excluding hydrogens is 647 g/mol. The molecule has 0 heterocycles. The largest absolute Gasteiger partial charge is 0.466 e. The van der Waals surface area contributed by atoms with Gasteiger partial charge in [0.1, 0.15) is 0 Å². The van der Waals surface area contributed by atoms with Crippen LogP contribution < -0.4 is 5.32 Å². The molecule has 0 aliphatic rings.